The van der Waals surface area contributed by atoms with Crippen molar-refractivity contribution >= 4 is 0 Å². The first-order valence-electron chi connectivity index (χ1n) is 3.32. The summed E-state index contributed by atoms with van der Waals surface area (Å²) >= 11 is 0. The van der Waals surface area contributed by atoms with Gasteiger partial charge in [-0.1, -0.05) is 6.92 Å². The van der Waals surface area contributed by atoms with E-state index in [1.54, 1.807) is 13.8 Å². The van der Waals surface area contributed by atoms with Crippen molar-refractivity contribution in [2.75, 3.05) is 0 Å². The standard InChI is InChI=1S/C7H17NO/c1-5-7(4,8)6(2,3)9/h9H,5,8H2,1-4H3. The van der Waals surface area contributed by atoms with Gasteiger partial charge in [0, 0.05) is 5.54 Å². The van der Waals surface area contributed by atoms with Crippen LogP contribution < -0.4 is 5.73 Å². The fraction of sp³-hybridized carbons (Fsp3) is 1.00. The van der Waals surface area contributed by atoms with Gasteiger partial charge in [-0.05, 0) is 27.2 Å². The molecule has 0 amide bonds. The van der Waals surface area contributed by atoms with E-state index >= 15 is 0 Å². The topological polar surface area (TPSA) is 46.2 Å². The van der Waals surface area contributed by atoms with Gasteiger partial charge >= 0.3 is 0 Å². The number of rotatable bonds is 2. The van der Waals surface area contributed by atoms with Gasteiger partial charge in [-0.25, -0.2) is 0 Å². The van der Waals surface area contributed by atoms with E-state index in [4.69, 9.17) is 5.73 Å². The van der Waals surface area contributed by atoms with Crippen molar-refractivity contribution in [2.45, 2.75) is 45.3 Å². The number of hydrogen-bond donors (Lipinski definition) is 2. The Morgan fingerprint density at radius 3 is 1.67 bits per heavy atom. The van der Waals surface area contributed by atoms with Crippen molar-refractivity contribution < 1.29 is 5.11 Å². The molecule has 56 valence electrons. The maximum atomic E-state index is 9.42. The lowest BCUT2D eigenvalue weighted by molar-refractivity contribution is 0.00414. The molecule has 0 aromatic heterocycles. The maximum absolute atomic E-state index is 9.42. The monoisotopic (exact) mass is 131 g/mol. The third-order valence-electron chi connectivity index (χ3n) is 2.13. The van der Waals surface area contributed by atoms with E-state index in [1.807, 2.05) is 13.8 Å². The van der Waals surface area contributed by atoms with Gasteiger partial charge in [-0.3, -0.25) is 0 Å². The van der Waals surface area contributed by atoms with Crippen molar-refractivity contribution in [3.63, 3.8) is 0 Å². The van der Waals surface area contributed by atoms with Crippen molar-refractivity contribution in [2.24, 2.45) is 5.73 Å². The molecule has 0 saturated heterocycles. The van der Waals surface area contributed by atoms with E-state index in [0.717, 1.165) is 6.42 Å². The van der Waals surface area contributed by atoms with E-state index in [0.29, 0.717) is 0 Å². The van der Waals surface area contributed by atoms with Gasteiger partial charge in [-0.2, -0.15) is 0 Å². The zero-order valence-electron chi connectivity index (χ0n) is 6.73. The Bertz CT molecular complexity index is 91.6. The molecular formula is C7H17NO. The predicted octanol–water partition coefficient (Wildman–Crippen LogP) is 0.885. The second kappa shape index (κ2) is 2.27. The van der Waals surface area contributed by atoms with Crippen LogP contribution in [0.1, 0.15) is 34.1 Å². The van der Waals surface area contributed by atoms with Gasteiger partial charge in [0.1, 0.15) is 0 Å². The summed E-state index contributed by atoms with van der Waals surface area (Å²) in [5.74, 6) is 0. The van der Waals surface area contributed by atoms with Gasteiger partial charge in [0.15, 0.2) is 0 Å². The molecule has 0 aromatic rings. The fourth-order valence-electron chi connectivity index (χ4n) is 0.433. The molecule has 2 nitrogen and oxygen atoms in total. The lowest BCUT2D eigenvalue weighted by atomic mass is 9.83. The van der Waals surface area contributed by atoms with E-state index in [9.17, 15) is 5.11 Å². The summed E-state index contributed by atoms with van der Waals surface area (Å²) in [6.07, 6.45) is 0.788. The SMILES string of the molecule is CCC(C)(N)C(C)(C)O. The van der Waals surface area contributed by atoms with Crippen LogP contribution in [0, 0.1) is 0 Å². The first kappa shape index (κ1) is 8.92. The van der Waals surface area contributed by atoms with Gasteiger partial charge < -0.3 is 10.8 Å². The Balaban J connectivity index is 4.14. The second-order valence-corrected chi connectivity index (χ2v) is 3.33. The Kier molecular flexibility index (Phi) is 2.25. The Labute approximate surface area is 57.1 Å². The number of nitrogens with two attached hydrogens (primary N) is 1. The first-order chi connectivity index (χ1) is 3.81. The van der Waals surface area contributed by atoms with Crippen molar-refractivity contribution in [1.82, 2.24) is 0 Å². The molecule has 0 rings (SSSR count). The highest BCUT2D eigenvalue weighted by Crippen LogP contribution is 2.20. The van der Waals surface area contributed by atoms with Crippen LogP contribution in [0.15, 0.2) is 0 Å². The summed E-state index contributed by atoms with van der Waals surface area (Å²) < 4.78 is 0. The summed E-state index contributed by atoms with van der Waals surface area (Å²) in [4.78, 5) is 0. The molecule has 0 aliphatic carbocycles. The Hall–Kier alpha value is -0.0800. The zero-order valence-corrected chi connectivity index (χ0v) is 6.73. The maximum Gasteiger partial charge on any atom is 0.0767 e. The number of aliphatic hydroxyl groups is 1. The second-order valence-electron chi connectivity index (χ2n) is 3.33. The summed E-state index contributed by atoms with van der Waals surface area (Å²) in [5, 5.41) is 9.42. The van der Waals surface area contributed by atoms with Crippen molar-refractivity contribution in [3.8, 4) is 0 Å². The molecular weight excluding hydrogens is 114 g/mol. The van der Waals surface area contributed by atoms with E-state index in [-0.39, 0.29) is 0 Å². The summed E-state index contributed by atoms with van der Waals surface area (Å²) in [6.45, 7) is 7.29. The molecule has 0 bridgehead atoms. The quantitative estimate of drug-likeness (QED) is 0.584. The van der Waals surface area contributed by atoms with E-state index in [1.165, 1.54) is 0 Å². The summed E-state index contributed by atoms with van der Waals surface area (Å²) in [6, 6.07) is 0. The summed E-state index contributed by atoms with van der Waals surface area (Å²) in [5.41, 5.74) is 4.50. The van der Waals surface area contributed by atoms with Crippen LogP contribution in [0.2, 0.25) is 0 Å². The van der Waals surface area contributed by atoms with Crippen LogP contribution in [-0.4, -0.2) is 16.2 Å². The molecule has 9 heavy (non-hydrogen) atoms. The molecule has 0 radical (unpaired) electrons. The predicted molar refractivity (Wildman–Crippen MR) is 39.2 cm³/mol. The van der Waals surface area contributed by atoms with Crippen LogP contribution in [0.4, 0.5) is 0 Å². The molecule has 0 spiro atoms. The largest absolute Gasteiger partial charge is 0.389 e. The Morgan fingerprint density at radius 1 is 1.33 bits per heavy atom. The zero-order chi connectivity index (χ0) is 7.71. The highest BCUT2D eigenvalue weighted by atomic mass is 16.3. The van der Waals surface area contributed by atoms with Crippen LogP contribution in [-0.2, 0) is 0 Å². The highest BCUT2D eigenvalue weighted by molar-refractivity contribution is 4.92. The average Bonchev–Trinajstić information content (AvgIpc) is 1.64. The van der Waals surface area contributed by atoms with E-state index in [2.05, 4.69) is 0 Å². The minimum atomic E-state index is -0.776. The third kappa shape index (κ3) is 1.95. The van der Waals surface area contributed by atoms with Crippen LogP contribution in [0.5, 0.6) is 0 Å². The molecule has 0 aromatic carbocycles. The van der Waals surface area contributed by atoms with Crippen LogP contribution >= 0.6 is 0 Å². The highest BCUT2D eigenvalue weighted by Gasteiger charge is 2.33. The smallest absolute Gasteiger partial charge is 0.0767 e. The fourth-order valence-corrected chi connectivity index (χ4v) is 0.433. The molecule has 0 aliphatic heterocycles. The molecule has 0 heterocycles. The average molecular weight is 131 g/mol. The third-order valence-corrected chi connectivity index (χ3v) is 2.13. The normalized spacial score (nSPS) is 19.3. The lowest BCUT2D eigenvalue weighted by Crippen LogP contribution is -2.54. The molecule has 1 unspecified atom stereocenters. The van der Waals surface area contributed by atoms with E-state index < -0.39 is 11.1 Å². The van der Waals surface area contributed by atoms with Crippen LogP contribution in [0.25, 0.3) is 0 Å². The Morgan fingerprint density at radius 2 is 1.67 bits per heavy atom. The van der Waals surface area contributed by atoms with Gasteiger partial charge in [0.2, 0.25) is 0 Å². The molecule has 0 aliphatic rings. The van der Waals surface area contributed by atoms with Gasteiger partial charge in [0.05, 0.1) is 5.60 Å². The summed E-state index contributed by atoms with van der Waals surface area (Å²) in [7, 11) is 0. The van der Waals surface area contributed by atoms with Gasteiger partial charge in [0.25, 0.3) is 0 Å². The van der Waals surface area contributed by atoms with Crippen molar-refractivity contribution in [3.05, 3.63) is 0 Å². The van der Waals surface area contributed by atoms with Gasteiger partial charge in [-0.15, -0.1) is 0 Å². The first-order valence-corrected chi connectivity index (χ1v) is 3.32. The molecule has 3 N–H and O–H groups in total. The number of hydrogen-bond acceptors (Lipinski definition) is 2. The molecule has 1 atom stereocenters. The minimum absolute atomic E-state index is 0.465. The molecule has 0 saturated carbocycles. The molecule has 0 fully saturated rings. The lowest BCUT2D eigenvalue weighted by Gasteiger charge is -2.35. The molecule has 2 heteroatoms. The van der Waals surface area contributed by atoms with Crippen molar-refractivity contribution in [1.29, 1.82) is 0 Å². The van der Waals surface area contributed by atoms with Crippen LogP contribution in [0.3, 0.4) is 0 Å². The minimum Gasteiger partial charge on any atom is -0.389 e.